The van der Waals surface area contributed by atoms with Crippen LogP contribution in [0.3, 0.4) is 0 Å². The van der Waals surface area contributed by atoms with Crippen molar-refractivity contribution in [1.29, 1.82) is 0 Å². The number of nitrogens with one attached hydrogen (secondary N) is 1. The minimum Gasteiger partial charge on any atom is -0.506 e. The Hall–Kier alpha value is -0.520. The number of likely N-dealkylation sites (N-methyl/N-ethyl adjacent to an activating group) is 1. The van der Waals surface area contributed by atoms with Gasteiger partial charge in [0, 0.05) is 43.3 Å². The number of phenols is 1. The lowest BCUT2D eigenvalue weighted by atomic mass is 10.2. The largest absolute Gasteiger partial charge is 0.506 e. The smallest absolute Gasteiger partial charge is 0.138 e. The molecular formula is C12H17Cl2N3O. The Bertz CT molecular complexity index is 420. The molecule has 1 saturated heterocycles. The van der Waals surface area contributed by atoms with Crippen LogP contribution in [-0.4, -0.2) is 48.2 Å². The van der Waals surface area contributed by atoms with Gasteiger partial charge in [0.15, 0.2) is 0 Å². The molecule has 1 aromatic rings. The first-order chi connectivity index (χ1) is 8.56. The fraction of sp³-hybridized carbons (Fsp3) is 0.500. The highest BCUT2D eigenvalue weighted by atomic mass is 35.5. The third-order valence-electron chi connectivity index (χ3n) is 3.10. The molecule has 0 saturated carbocycles. The number of nitrogens with zero attached hydrogens (tertiary/aromatic N) is 2. The Kier molecular flexibility index (Phi) is 4.70. The molecule has 2 N–H and O–H groups in total. The predicted molar refractivity (Wildman–Crippen MR) is 74.0 cm³/mol. The van der Waals surface area contributed by atoms with Crippen molar-refractivity contribution < 1.29 is 5.11 Å². The van der Waals surface area contributed by atoms with Gasteiger partial charge in [0.25, 0.3) is 0 Å². The van der Waals surface area contributed by atoms with Crippen LogP contribution >= 0.6 is 23.2 Å². The molecule has 0 bridgehead atoms. The number of hydrogen-bond donors (Lipinski definition) is 2. The van der Waals surface area contributed by atoms with Crippen molar-refractivity contribution in [2.45, 2.75) is 6.54 Å². The van der Waals surface area contributed by atoms with Gasteiger partial charge in [0.05, 0.1) is 5.02 Å². The standard InChI is InChI=1S/C12H17Cl2N3O/c1-16-2-4-17(5-3-16)15-8-9-6-10(13)7-11(14)12(9)18/h6-7,15,18H,2-5,8H2,1H3. The highest BCUT2D eigenvalue weighted by Crippen LogP contribution is 2.30. The van der Waals surface area contributed by atoms with Gasteiger partial charge in [0.1, 0.15) is 5.75 Å². The van der Waals surface area contributed by atoms with Gasteiger partial charge < -0.3 is 10.0 Å². The SMILES string of the molecule is CN1CCN(NCc2cc(Cl)cc(Cl)c2O)CC1. The maximum atomic E-state index is 9.84. The molecule has 1 aliphatic heterocycles. The van der Waals surface area contributed by atoms with Crippen molar-refractivity contribution in [2.24, 2.45) is 0 Å². The number of halogens is 2. The monoisotopic (exact) mass is 289 g/mol. The number of phenolic OH excluding ortho intramolecular Hbond substituents is 1. The van der Waals surface area contributed by atoms with Gasteiger partial charge >= 0.3 is 0 Å². The summed E-state index contributed by atoms with van der Waals surface area (Å²) in [6.07, 6.45) is 0. The summed E-state index contributed by atoms with van der Waals surface area (Å²) in [6, 6.07) is 3.27. The summed E-state index contributed by atoms with van der Waals surface area (Å²) in [5.41, 5.74) is 4.00. The van der Waals surface area contributed by atoms with Crippen molar-refractivity contribution in [1.82, 2.24) is 15.3 Å². The van der Waals surface area contributed by atoms with Gasteiger partial charge in [0.2, 0.25) is 0 Å². The van der Waals surface area contributed by atoms with Gasteiger partial charge in [-0.2, -0.15) is 0 Å². The molecule has 2 rings (SSSR count). The lowest BCUT2D eigenvalue weighted by molar-refractivity contribution is 0.102. The molecule has 0 amide bonds. The van der Waals surface area contributed by atoms with E-state index in [4.69, 9.17) is 23.2 Å². The molecular weight excluding hydrogens is 273 g/mol. The van der Waals surface area contributed by atoms with Crippen molar-refractivity contribution >= 4 is 23.2 Å². The van der Waals surface area contributed by atoms with E-state index in [1.807, 2.05) is 0 Å². The van der Waals surface area contributed by atoms with Crippen LogP contribution < -0.4 is 5.43 Å². The Morgan fingerprint density at radius 1 is 1.22 bits per heavy atom. The second-order valence-corrected chi connectivity index (χ2v) is 5.36. The molecule has 0 unspecified atom stereocenters. The van der Waals surface area contributed by atoms with Crippen LogP contribution in [0.1, 0.15) is 5.56 Å². The van der Waals surface area contributed by atoms with E-state index in [1.54, 1.807) is 6.07 Å². The van der Waals surface area contributed by atoms with Crippen molar-refractivity contribution in [3.05, 3.63) is 27.7 Å². The summed E-state index contributed by atoms with van der Waals surface area (Å²) in [4.78, 5) is 2.28. The van der Waals surface area contributed by atoms with Gasteiger partial charge in [-0.3, -0.25) is 5.43 Å². The first-order valence-electron chi connectivity index (χ1n) is 5.90. The number of benzene rings is 1. The summed E-state index contributed by atoms with van der Waals surface area (Å²) >= 11 is 11.8. The van der Waals surface area contributed by atoms with E-state index in [9.17, 15) is 5.11 Å². The molecule has 1 fully saturated rings. The van der Waals surface area contributed by atoms with E-state index in [0.29, 0.717) is 17.1 Å². The van der Waals surface area contributed by atoms with Crippen molar-refractivity contribution in [2.75, 3.05) is 33.2 Å². The molecule has 0 aliphatic carbocycles. The number of piperazine rings is 1. The van der Waals surface area contributed by atoms with E-state index >= 15 is 0 Å². The maximum Gasteiger partial charge on any atom is 0.138 e. The van der Waals surface area contributed by atoms with Gasteiger partial charge in [-0.1, -0.05) is 23.2 Å². The van der Waals surface area contributed by atoms with Crippen LogP contribution in [0.4, 0.5) is 0 Å². The van der Waals surface area contributed by atoms with E-state index in [1.165, 1.54) is 6.07 Å². The molecule has 100 valence electrons. The van der Waals surface area contributed by atoms with Crippen LogP contribution in [0.15, 0.2) is 12.1 Å². The van der Waals surface area contributed by atoms with Crippen molar-refractivity contribution in [3.8, 4) is 5.75 Å². The highest BCUT2D eigenvalue weighted by molar-refractivity contribution is 6.35. The molecule has 0 spiro atoms. The minimum absolute atomic E-state index is 0.0997. The van der Waals surface area contributed by atoms with Gasteiger partial charge in [-0.05, 0) is 19.2 Å². The predicted octanol–water partition coefficient (Wildman–Crippen LogP) is 1.95. The molecule has 1 heterocycles. The first kappa shape index (κ1) is 13.9. The fourth-order valence-electron chi connectivity index (χ4n) is 1.92. The van der Waals surface area contributed by atoms with Crippen LogP contribution in [-0.2, 0) is 6.54 Å². The number of rotatable bonds is 3. The third kappa shape index (κ3) is 3.49. The van der Waals surface area contributed by atoms with E-state index < -0.39 is 0 Å². The summed E-state index contributed by atoms with van der Waals surface area (Å²) in [6.45, 7) is 4.53. The second kappa shape index (κ2) is 6.08. The molecule has 1 aliphatic rings. The van der Waals surface area contributed by atoms with Gasteiger partial charge in [-0.15, -0.1) is 0 Å². The Morgan fingerprint density at radius 3 is 2.56 bits per heavy atom. The Balaban J connectivity index is 1.94. The lowest BCUT2D eigenvalue weighted by Crippen LogP contribution is -2.50. The Morgan fingerprint density at radius 2 is 1.89 bits per heavy atom. The molecule has 0 aromatic heterocycles. The van der Waals surface area contributed by atoms with E-state index in [2.05, 4.69) is 22.4 Å². The molecule has 0 radical (unpaired) electrons. The van der Waals surface area contributed by atoms with Crippen LogP contribution in [0, 0.1) is 0 Å². The zero-order valence-corrected chi connectivity index (χ0v) is 11.8. The zero-order chi connectivity index (χ0) is 13.1. The first-order valence-corrected chi connectivity index (χ1v) is 6.66. The second-order valence-electron chi connectivity index (χ2n) is 4.52. The summed E-state index contributed by atoms with van der Waals surface area (Å²) in [5, 5.41) is 12.8. The number of hydrogen-bond acceptors (Lipinski definition) is 4. The molecule has 1 aromatic carbocycles. The summed E-state index contributed by atoms with van der Waals surface area (Å²) in [7, 11) is 2.11. The average molecular weight is 290 g/mol. The molecule has 4 nitrogen and oxygen atoms in total. The van der Waals surface area contributed by atoms with Gasteiger partial charge in [-0.25, -0.2) is 5.01 Å². The van der Waals surface area contributed by atoms with Crippen LogP contribution in [0.5, 0.6) is 5.75 Å². The zero-order valence-electron chi connectivity index (χ0n) is 10.3. The summed E-state index contributed by atoms with van der Waals surface area (Å²) in [5.74, 6) is 0.0997. The normalized spacial score (nSPS) is 18.2. The quantitative estimate of drug-likeness (QED) is 0.892. The number of aromatic hydroxyl groups is 1. The molecule has 18 heavy (non-hydrogen) atoms. The van der Waals surface area contributed by atoms with Crippen LogP contribution in [0.2, 0.25) is 10.0 Å². The summed E-state index contributed by atoms with van der Waals surface area (Å²) < 4.78 is 0. The van der Waals surface area contributed by atoms with E-state index in [0.717, 1.165) is 26.2 Å². The topological polar surface area (TPSA) is 38.7 Å². The number of hydrazine groups is 1. The van der Waals surface area contributed by atoms with Crippen LogP contribution in [0.25, 0.3) is 0 Å². The van der Waals surface area contributed by atoms with Crippen molar-refractivity contribution in [3.63, 3.8) is 0 Å². The lowest BCUT2D eigenvalue weighted by Gasteiger charge is -2.32. The third-order valence-corrected chi connectivity index (χ3v) is 3.61. The molecule has 0 atom stereocenters. The highest BCUT2D eigenvalue weighted by Gasteiger charge is 2.14. The minimum atomic E-state index is 0.0997. The maximum absolute atomic E-state index is 9.84. The Labute approximate surface area is 117 Å². The van der Waals surface area contributed by atoms with E-state index in [-0.39, 0.29) is 10.8 Å². The average Bonchev–Trinajstić information content (AvgIpc) is 2.34. The molecule has 6 heteroatoms. The fourth-order valence-corrected chi connectivity index (χ4v) is 2.45.